The van der Waals surface area contributed by atoms with Crippen molar-refractivity contribution < 1.29 is 9.90 Å². The number of aromatic carboxylic acids is 1. The molecule has 0 aliphatic carbocycles. The van der Waals surface area contributed by atoms with Crippen LogP contribution in [0.4, 0.5) is 0 Å². The molecule has 80 valence electrons. The van der Waals surface area contributed by atoms with Crippen molar-refractivity contribution in [2.45, 2.75) is 6.92 Å². The first-order chi connectivity index (χ1) is 7.68. The molecule has 1 aromatic carbocycles. The van der Waals surface area contributed by atoms with E-state index in [0.29, 0.717) is 5.56 Å². The summed E-state index contributed by atoms with van der Waals surface area (Å²) in [5.41, 5.74) is 2.89. The molecule has 0 bridgehead atoms. The maximum atomic E-state index is 11.0. The Morgan fingerprint density at radius 1 is 1.25 bits per heavy atom. The highest BCUT2D eigenvalue weighted by Gasteiger charge is 2.08. The Kier molecular flexibility index (Phi) is 2.68. The molecule has 0 saturated carbocycles. The second kappa shape index (κ2) is 4.14. The molecular weight excluding hydrogens is 202 g/mol. The normalized spacial score (nSPS) is 10.1. The predicted octanol–water partition coefficient (Wildman–Crippen LogP) is 2.76. The summed E-state index contributed by atoms with van der Waals surface area (Å²) >= 11 is 0. The van der Waals surface area contributed by atoms with Crippen molar-refractivity contribution in [3.63, 3.8) is 0 Å². The minimum Gasteiger partial charge on any atom is -0.478 e. The van der Waals surface area contributed by atoms with Crippen LogP contribution in [0.3, 0.4) is 0 Å². The SMILES string of the molecule is Cc1ccc(-c2cccnc2)cc1C(=O)O. The average molecular weight is 213 g/mol. The van der Waals surface area contributed by atoms with E-state index in [9.17, 15) is 4.79 Å². The quantitative estimate of drug-likeness (QED) is 0.834. The molecule has 1 heterocycles. The van der Waals surface area contributed by atoms with Gasteiger partial charge in [-0.1, -0.05) is 18.2 Å². The van der Waals surface area contributed by atoms with Crippen LogP contribution in [0, 0.1) is 6.92 Å². The Labute approximate surface area is 93.4 Å². The Hall–Kier alpha value is -2.16. The second-order valence-corrected chi connectivity index (χ2v) is 3.58. The maximum Gasteiger partial charge on any atom is 0.335 e. The molecule has 0 unspecified atom stereocenters. The van der Waals surface area contributed by atoms with E-state index in [1.54, 1.807) is 25.4 Å². The van der Waals surface area contributed by atoms with E-state index in [0.717, 1.165) is 16.7 Å². The highest BCUT2D eigenvalue weighted by molar-refractivity contribution is 5.91. The zero-order valence-electron chi connectivity index (χ0n) is 8.84. The third-order valence-corrected chi connectivity index (χ3v) is 2.46. The zero-order valence-corrected chi connectivity index (χ0v) is 8.84. The number of benzene rings is 1. The van der Waals surface area contributed by atoms with Gasteiger partial charge in [0.05, 0.1) is 5.56 Å². The van der Waals surface area contributed by atoms with Crippen LogP contribution in [0.5, 0.6) is 0 Å². The molecule has 3 nitrogen and oxygen atoms in total. The molecular formula is C13H11NO2. The van der Waals surface area contributed by atoms with Gasteiger partial charge in [-0.2, -0.15) is 0 Å². The van der Waals surface area contributed by atoms with Gasteiger partial charge in [-0.05, 0) is 30.2 Å². The standard InChI is InChI=1S/C13H11NO2/c1-9-4-5-10(7-12(9)13(15)16)11-3-2-6-14-8-11/h2-8H,1H3,(H,15,16). The number of rotatable bonds is 2. The van der Waals surface area contributed by atoms with Crippen molar-refractivity contribution in [1.29, 1.82) is 0 Å². The molecule has 16 heavy (non-hydrogen) atoms. The first-order valence-electron chi connectivity index (χ1n) is 4.93. The summed E-state index contributed by atoms with van der Waals surface area (Å²) in [5, 5.41) is 9.02. The van der Waals surface area contributed by atoms with E-state index in [1.165, 1.54) is 0 Å². The highest BCUT2D eigenvalue weighted by Crippen LogP contribution is 2.21. The van der Waals surface area contributed by atoms with Crippen molar-refractivity contribution in [2.75, 3.05) is 0 Å². The van der Waals surface area contributed by atoms with Crippen LogP contribution in [0.15, 0.2) is 42.7 Å². The molecule has 0 saturated heterocycles. The monoisotopic (exact) mass is 213 g/mol. The molecule has 1 aromatic heterocycles. The number of aryl methyl sites for hydroxylation is 1. The van der Waals surface area contributed by atoms with E-state index in [-0.39, 0.29) is 0 Å². The molecule has 0 fully saturated rings. The molecule has 0 atom stereocenters. The van der Waals surface area contributed by atoms with Crippen molar-refractivity contribution in [3.05, 3.63) is 53.9 Å². The van der Waals surface area contributed by atoms with Gasteiger partial charge in [0, 0.05) is 18.0 Å². The first kappa shape index (κ1) is 10.4. The number of aromatic nitrogens is 1. The zero-order chi connectivity index (χ0) is 11.5. The smallest absolute Gasteiger partial charge is 0.335 e. The van der Waals surface area contributed by atoms with E-state index < -0.39 is 5.97 Å². The Bertz CT molecular complexity index is 521. The van der Waals surface area contributed by atoms with Crippen LogP contribution in [0.2, 0.25) is 0 Å². The second-order valence-electron chi connectivity index (χ2n) is 3.58. The van der Waals surface area contributed by atoms with Crippen molar-refractivity contribution in [1.82, 2.24) is 4.98 Å². The van der Waals surface area contributed by atoms with Gasteiger partial charge >= 0.3 is 5.97 Å². The van der Waals surface area contributed by atoms with Crippen LogP contribution in [0.25, 0.3) is 11.1 Å². The van der Waals surface area contributed by atoms with Crippen LogP contribution in [-0.2, 0) is 0 Å². The Balaban J connectivity index is 2.52. The van der Waals surface area contributed by atoms with Crippen LogP contribution in [0.1, 0.15) is 15.9 Å². The topological polar surface area (TPSA) is 50.2 Å². The lowest BCUT2D eigenvalue weighted by Gasteiger charge is -2.05. The summed E-state index contributed by atoms with van der Waals surface area (Å²) in [6.07, 6.45) is 3.41. The number of carboxylic acid groups (broad SMARTS) is 1. The minimum absolute atomic E-state index is 0.335. The average Bonchev–Trinajstić information content (AvgIpc) is 2.30. The predicted molar refractivity (Wildman–Crippen MR) is 61.4 cm³/mol. The Morgan fingerprint density at radius 2 is 2.06 bits per heavy atom. The van der Waals surface area contributed by atoms with Gasteiger partial charge in [0.1, 0.15) is 0 Å². The minimum atomic E-state index is -0.900. The number of hydrogen-bond acceptors (Lipinski definition) is 2. The molecule has 0 aliphatic rings. The van der Waals surface area contributed by atoms with Gasteiger partial charge in [0.25, 0.3) is 0 Å². The molecule has 1 N–H and O–H groups in total. The maximum absolute atomic E-state index is 11.0. The third-order valence-electron chi connectivity index (χ3n) is 2.46. The van der Waals surface area contributed by atoms with E-state index in [4.69, 9.17) is 5.11 Å². The fourth-order valence-electron chi connectivity index (χ4n) is 1.57. The third kappa shape index (κ3) is 1.93. The van der Waals surface area contributed by atoms with E-state index >= 15 is 0 Å². The fraction of sp³-hybridized carbons (Fsp3) is 0.0769. The summed E-state index contributed by atoms with van der Waals surface area (Å²) in [6.45, 7) is 1.79. The molecule has 3 heteroatoms. The number of nitrogens with zero attached hydrogens (tertiary/aromatic N) is 1. The van der Waals surface area contributed by atoms with Crippen LogP contribution in [-0.4, -0.2) is 16.1 Å². The molecule has 0 amide bonds. The fourth-order valence-corrected chi connectivity index (χ4v) is 1.57. The molecule has 0 radical (unpaired) electrons. The Morgan fingerprint density at radius 3 is 2.69 bits per heavy atom. The van der Waals surface area contributed by atoms with Crippen molar-refractivity contribution in [3.8, 4) is 11.1 Å². The molecule has 2 aromatic rings. The van der Waals surface area contributed by atoms with Crippen LogP contribution < -0.4 is 0 Å². The summed E-state index contributed by atoms with van der Waals surface area (Å²) in [7, 11) is 0. The van der Waals surface area contributed by atoms with Gasteiger partial charge in [-0.25, -0.2) is 4.79 Å². The number of pyridine rings is 1. The first-order valence-corrected chi connectivity index (χ1v) is 4.93. The van der Waals surface area contributed by atoms with E-state index in [2.05, 4.69) is 4.98 Å². The molecule has 0 aliphatic heterocycles. The van der Waals surface area contributed by atoms with E-state index in [1.807, 2.05) is 24.3 Å². The lowest BCUT2D eigenvalue weighted by atomic mass is 10.0. The molecule has 2 rings (SSSR count). The highest BCUT2D eigenvalue weighted by atomic mass is 16.4. The summed E-state index contributed by atoms with van der Waals surface area (Å²) < 4.78 is 0. The number of hydrogen-bond donors (Lipinski definition) is 1. The summed E-state index contributed by atoms with van der Waals surface area (Å²) in [4.78, 5) is 15.0. The largest absolute Gasteiger partial charge is 0.478 e. The van der Waals surface area contributed by atoms with Crippen LogP contribution >= 0.6 is 0 Å². The van der Waals surface area contributed by atoms with Crippen molar-refractivity contribution >= 4 is 5.97 Å². The lowest BCUT2D eigenvalue weighted by molar-refractivity contribution is 0.0696. The molecule has 0 spiro atoms. The van der Waals surface area contributed by atoms with Gasteiger partial charge in [-0.15, -0.1) is 0 Å². The number of carbonyl (C=O) groups is 1. The van der Waals surface area contributed by atoms with Gasteiger partial charge < -0.3 is 5.11 Å². The van der Waals surface area contributed by atoms with Gasteiger partial charge in [0.2, 0.25) is 0 Å². The summed E-state index contributed by atoms with van der Waals surface area (Å²) in [5.74, 6) is -0.900. The van der Waals surface area contributed by atoms with Gasteiger partial charge in [-0.3, -0.25) is 4.98 Å². The lowest BCUT2D eigenvalue weighted by Crippen LogP contribution is -1.99. The van der Waals surface area contributed by atoms with Crippen molar-refractivity contribution in [2.24, 2.45) is 0 Å². The van der Waals surface area contributed by atoms with Gasteiger partial charge in [0.15, 0.2) is 0 Å². The summed E-state index contributed by atoms with van der Waals surface area (Å²) in [6, 6.07) is 9.12. The number of carboxylic acids is 1.